The molecular formula is C28H31F3O11S. The first-order valence-electron chi connectivity index (χ1n) is 12.9. The normalized spacial score (nSPS) is 24.1. The molecule has 3 rings (SSSR count). The van der Waals surface area contributed by atoms with Crippen molar-refractivity contribution < 1.29 is 63.8 Å². The van der Waals surface area contributed by atoms with Crippen LogP contribution in [0.1, 0.15) is 38.3 Å². The molecule has 0 radical (unpaired) electrons. The fourth-order valence-electron chi connectivity index (χ4n) is 4.67. The lowest BCUT2D eigenvalue weighted by Gasteiger charge is -2.50. The molecule has 11 nitrogen and oxygen atoms in total. The van der Waals surface area contributed by atoms with E-state index in [4.69, 9.17) is 23.7 Å². The Kier molecular flexibility index (Phi) is 11.3. The molecule has 1 fully saturated rings. The van der Waals surface area contributed by atoms with Crippen LogP contribution in [0.3, 0.4) is 0 Å². The number of alkyl halides is 3. The van der Waals surface area contributed by atoms with Gasteiger partial charge < -0.3 is 23.7 Å². The molecule has 0 saturated heterocycles. The quantitative estimate of drug-likeness (QED) is 0.147. The van der Waals surface area contributed by atoms with Gasteiger partial charge in [-0.2, -0.15) is 21.6 Å². The van der Waals surface area contributed by atoms with Gasteiger partial charge in [0.05, 0.1) is 19.8 Å². The van der Waals surface area contributed by atoms with Crippen LogP contribution < -0.4 is 0 Å². The Labute approximate surface area is 246 Å². The van der Waals surface area contributed by atoms with Gasteiger partial charge in [0.1, 0.15) is 12.2 Å². The zero-order valence-corrected chi connectivity index (χ0v) is 24.3. The van der Waals surface area contributed by atoms with Gasteiger partial charge in [-0.15, -0.1) is 0 Å². The van der Waals surface area contributed by atoms with Gasteiger partial charge in [0.15, 0.2) is 17.8 Å². The third-order valence-corrected chi connectivity index (χ3v) is 7.34. The summed E-state index contributed by atoms with van der Waals surface area (Å²) in [4.78, 5) is 36.8. The van der Waals surface area contributed by atoms with Crippen LogP contribution in [0.25, 0.3) is 0 Å². The summed E-state index contributed by atoms with van der Waals surface area (Å²) in [7, 11) is -6.28. The first-order valence-corrected chi connectivity index (χ1v) is 14.3. The predicted octanol–water partition coefficient (Wildman–Crippen LogP) is 3.59. The van der Waals surface area contributed by atoms with Crippen molar-refractivity contribution in [3.63, 3.8) is 0 Å². The molecule has 0 aliphatic heterocycles. The second-order valence-electron chi connectivity index (χ2n) is 9.74. The number of hydrogen-bond donors (Lipinski definition) is 0. The van der Waals surface area contributed by atoms with Crippen LogP contribution in [-0.4, -0.2) is 68.5 Å². The minimum Gasteiger partial charge on any atom is -0.457 e. The van der Waals surface area contributed by atoms with E-state index in [0.29, 0.717) is 11.1 Å². The van der Waals surface area contributed by atoms with Crippen LogP contribution in [-0.2, 0) is 65.6 Å². The van der Waals surface area contributed by atoms with Crippen LogP contribution in [0.4, 0.5) is 13.2 Å². The fraction of sp³-hybridized carbons (Fsp3) is 0.464. The first-order chi connectivity index (χ1) is 20.1. The van der Waals surface area contributed by atoms with Crippen molar-refractivity contribution in [1.29, 1.82) is 0 Å². The van der Waals surface area contributed by atoms with Gasteiger partial charge in [-0.3, -0.25) is 18.6 Å². The van der Waals surface area contributed by atoms with Crippen molar-refractivity contribution in [1.82, 2.24) is 0 Å². The summed E-state index contributed by atoms with van der Waals surface area (Å²) in [5, 5.41) is 0. The first kappa shape index (κ1) is 34.0. The average molecular weight is 633 g/mol. The lowest BCUT2D eigenvalue weighted by molar-refractivity contribution is -0.263. The monoisotopic (exact) mass is 632 g/mol. The number of ether oxygens (including phenoxy) is 5. The summed E-state index contributed by atoms with van der Waals surface area (Å²) >= 11 is 0. The van der Waals surface area contributed by atoms with E-state index >= 15 is 0 Å². The van der Waals surface area contributed by atoms with E-state index in [1.165, 1.54) is 0 Å². The molecular weight excluding hydrogens is 601 g/mol. The Hall–Kier alpha value is -3.53. The molecule has 1 saturated carbocycles. The number of rotatable bonds is 12. The molecule has 0 N–H and O–H groups in total. The van der Waals surface area contributed by atoms with Crippen LogP contribution in [0.2, 0.25) is 0 Å². The van der Waals surface area contributed by atoms with E-state index in [2.05, 4.69) is 4.18 Å². The summed E-state index contributed by atoms with van der Waals surface area (Å²) in [6.07, 6.45) is -8.22. The third-order valence-electron chi connectivity index (χ3n) is 6.27. The molecule has 2 aromatic carbocycles. The van der Waals surface area contributed by atoms with Crippen LogP contribution >= 0.6 is 0 Å². The molecule has 0 bridgehead atoms. The Morgan fingerprint density at radius 2 is 1.35 bits per heavy atom. The smallest absolute Gasteiger partial charge is 0.457 e. The maximum atomic E-state index is 13.5. The molecule has 0 unspecified atom stereocenters. The highest BCUT2D eigenvalue weighted by atomic mass is 32.2. The van der Waals surface area contributed by atoms with Crippen LogP contribution in [0, 0.1) is 0 Å². The van der Waals surface area contributed by atoms with Crippen LogP contribution in [0.15, 0.2) is 60.7 Å². The number of carbonyl (C=O) groups is 3. The van der Waals surface area contributed by atoms with E-state index < -0.39 is 76.6 Å². The number of halogens is 3. The van der Waals surface area contributed by atoms with Crippen molar-refractivity contribution in [2.45, 2.75) is 75.9 Å². The molecule has 15 heteroatoms. The SMILES string of the molecule is CC(=O)O[C@H]1[C@@H](OCc2ccccc2)[C@H](OC(C)=O)[C@](COCc2ccccc2)(OC(C)=O)C[C@H]1OS(=O)(=O)C(F)(F)F. The zero-order valence-electron chi connectivity index (χ0n) is 23.4. The van der Waals surface area contributed by atoms with Gasteiger partial charge in [0.25, 0.3) is 0 Å². The summed E-state index contributed by atoms with van der Waals surface area (Å²) in [5.41, 5.74) is -6.79. The molecule has 1 aliphatic carbocycles. The van der Waals surface area contributed by atoms with E-state index in [0.717, 1.165) is 20.8 Å². The molecule has 43 heavy (non-hydrogen) atoms. The molecule has 236 valence electrons. The molecule has 0 amide bonds. The van der Waals surface area contributed by atoms with Gasteiger partial charge in [-0.25, -0.2) is 0 Å². The van der Waals surface area contributed by atoms with Crippen molar-refractivity contribution in [3.8, 4) is 0 Å². The highest BCUT2D eigenvalue weighted by Crippen LogP contribution is 2.42. The van der Waals surface area contributed by atoms with E-state index in [1.54, 1.807) is 60.7 Å². The fourth-order valence-corrected chi connectivity index (χ4v) is 5.28. The molecule has 0 aromatic heterocycles. The van der Waals surface area contributed by atoms with Gasteiger partial charge in [0, 0.05) is 27.2 Å². The van der Waals surface area contributed by atoms with Crippen molar-refractivity contribution in [2.75, 3.05) is 6.61 Å². The topological polar surface area (TPSA) is 141 Å². The van der Waals surface area contributed by atoms with Crippen LogP contribution in [0.5, 0.6) is 0 Å². The summed E-state index contributed by atoms with van der Waals surface area (Å²) < 4.78 is 97.4. The van der Waals surface area contributed by atoms with Crippen molar-refractivity contribution >= 4 is 28.0 Å². The van der Waals surface area contributed by atoms with E-state index in [9.17, 15) is 36.0 Å². The average Bonchev–Trinajstić information content (AvgIpc) is 2.90. The van der Waals surface area contributed by atoms with E-state index in [1.807, 2.05) is 0 Å². The minimum atomic E-state index is -6.28. The lowest BCUT2D eigenvalue weighted by atomic mass is 9.76. The number of hydrogen-bond acceptors (Lipinski definition) is 11. The third kappa shape index (κ3) is 9.23. The maximum absolute atomic E-state index is 13.5. The van der Waals surface area contributed by atoms with Gasteiger partial charge in [-0.1, -0.05) is 60.7 Å². The largest absolute Gasteiger partial charge is 0.523 e. The second kappa shape index (κ2) is 14.3. The Bertz CT molecular complexity index is 1350. The minimum absolute atomic E-state index is 0.0774. The van der Waals surface area contributed by atoms with Gasteiger partial charge in [-0.05, 0) is 11.1 Å². The van der Waals surface area contributed by atoms with Crippen molar-refractivity contribution in [2.24, 2.45) is 0 Å². The summed E-state index contributed by atoms with van der Waals surface area (Å²) in [5.74, 6) is -2.91. The maximum Gasteiger partial charge on any atom is 0.523 e. The number of carbonyl (C=O) groups excluding carboxylic acids is 3. The molecule has 5 atom stereocenters. The van der Waals surface area contributed by atoms with Crippen molar-refractivity contribution in [3.05, 3.63) is 71.8 Å². The standard InChI is InChI=1S/C28H31F3O11S/c1-18(32)39-24-23(42-43(35,36)28(29,30)31)14-27(41-20(3)34,17-37-15-21-10-6-4-7-11-21)26(40-19(2)33)25(24)38-16-22-12-8-5-9-13-22/h4-13,23-26H,14-17H2,1-3H3/t23-,24-,25-,26+,27+/m1/s1. The Morgan fingerprint density at radius 3 is 1.84 bits per heavy atom. The predicted molar refractivity (Wildman–Crippen MR) is 141 cm³/mol. The van der Waals surface area contributed by atoms with Gasteiger partial charge in [0.2, 0.25) is 0 Å². The highest BCUT2D eigenvalue weighted by molar-refractivity contribution is 7.87. The highest BCUT2D eigenvalue weighted by Gasteiger charge is 2.62. The second-order valence-corrected chi connectivity index (χ2v) is 11.3. The summed E-state index contributed by atoms with van der Waals surface area (Å²) in [6.45, 7) is 2.00. The molecule has 2 aromatic rings. The van der Waals surface area contributed by atoms with Gasteiger partial charge >= 0.3 is 33.5 Å². The Morgan fingerprint density at radius 1 is 0.814 bits per heavy atom. The number of benzene rings is 2. The van der Waals surface area contributed by atoms with E-state index in [-0.39, 0.29) is 13.2 Å². The molecule has 0 heterocycles. The molecule has 0 spiro atoms. The summed E-state index contributed by atoms with van der Waals surface area (Å²) in [6, 6.07) is 17.0. The molecule has 1 aliphatic rings. The number of esters is 3. The lowest BCUT2D eigenvalue weighted by Crippen LogP contribution is -2.68. The Balaban J connectivity index is 2.14. The zero-order chi connectivity index (χ0) is 31.8.